The predicted octanol–water partition coefficient (Wildman–Crippen LogP) is 4.92. The minimum Gasteiger partial charge on any atom is -0.490 e. The minimum atomic E-state index is 0.476. The Morgan fingerprint density at radius 3 is 2.24 bits per heavy atom. The Hall–Kier alpha value is -0.600. The zero-order chi connectivity index (χ0) is 12.7. The molecule has 2 N–H and O–H groups in total. The lowest BCUT2D eigenvalue weighted by molar-refractivity contribution is 0.305. The Bertz CT molecular complexity index is 332. The first-order chi connectivity index (χ1) is 8.15. The summed E-state index contributed by atoms with van der Waals surface area (Å²) in [5.41, 5.74) is 6.16. The van der Waals surface area contributed by atoms with Crippen LogP contribution in [0.2, 0.25) is 10.0 Å². The van der Waals surface area contributed by atoms with Gasteiger partial charge in [-0.15, -0.1) is 0 Å². The van der Waals surface area contributed by atoms with Crippen molar-refractivity contribution in [2.75, 3.05) is 12.3 Å². The van der Waals surface area contributed by atoms with Crippen LogP contribution >= 0.6 is 23.2 Å². The molecule has 0 atom stereocenters. The van der Waals surface area contributed by atoms with Gasteiger partial charge in [-0.1, -0.05) is 55.8 Å². The predicted molar refractivity (Wildman–Crippen MR) is 75.1 cm³/mol. The van der Waals surface area contributed by atoms with Crippen molar-refractivity contribution in [2.24, 2.45) is 0 Å². The number of ether oxygens (including phenoxy) is 1. The summed E-state index contributed by atoms with van der Waals surface area (Å²) >= 11 is 12.0. The molecule has 2 nitrogen and oxygen atoms in total. The van der Waals surface area contributed by atoms with Crippen LogP contribution in [0.25, 0.3) is 0 Å². The largest absolute Gasteiger partial charge is 0.490 e. The van der Waals surface area contributed by atoms with Crippen LogP contribution in [0.5, 0.6) is 5.75 Å². The lowest BCUT2D eigenvalue weighted by Crippen LogP contribution is -1.99. The van der Waals surface area contributed by atoms with Crippen LogP contribution in [-0.2, 0) is 0 Å². The van der Waals surface area contributed by atoms with Gasteiger partial charge in [-0.2, -0.15) is 0 Å². The van der Waals surface area contributed by atoms with Crippen molar-refractivity contribution in [3.05, 3.63) is 22.2 Å². The van der Waals surface area contributed by atoms with Crippen LogP contribution in [-0.4, -0.2) is 6.61 Å². The van der Waals surface area contributed by atoms with Gasteiger partial charge >= 0.3 is 0 Å². The highest BCUT2D eigenvalue weighted by molar-refractivity contribution is 6.37. The monoisotopic (exact) mass is 275 g/mol. The molecule has 0 saturated heterocycles. The number of hydrogen-bond acceptors (Lipinski definition) is 2. The van der Waals surface area contributed by atoms with E-state index in [2.05, 4.69) is 6.92 Å². The van der Waals surface area contributed by atoms with E-state index in [4.69, 9.17) is 33.7 Å². The molecule has 1 aromatic carbocycles. The molecule has 0 spiro atoms. The summed E-state index contributed by atoms with van der Waals surface area (Å²) in [6.07, 6.45) is 5.98. The summed E-state index contributed by atoms with van der Waals surface area (Å²) in [6.45, 7) is 2.84. The number of benzene rings is 1. The highest BCUT2D eigenvalue weighted by atomic mass is 35.5. The van der Waals surface area contributed by atoms with Gasteiger partial charge in [-0.3, -0.25) is 0 Å². The highest BCUT2D eigenvalue weighted by Gasteiger charge is 2.08. The van der Waals surface area contributed by atoms with E-state index < -0.39 is 0 Å². The van der Waals surface area contributed by atoms with Crippen molar-refractivity contribution in [1.82, 2.24) is 0 Å². The molecule has 0 unspecified atom stereocenters. The molecule has 17 heavy (non-hydrogen) atoms. The second kappa shape index (κ2) is 7.67. The second-order valence-electron chi connectivity index (χ2n) is 4.08. The van der Waals surface area contributed by atoms with Crippen molar-refractivity contribution in [3.63, 3.8) is 0 Å². The van der Waals surface area contributed by atoms with E-state index >= 15 is 0 Å². The molecule has 0 aliphatic carbocycles. The molecule has 0 aliphatic heterocycles. The molecule has 0 radical (unpaired) electrons. The molecular weight excluding hydrogens is 257 g/mol. The van der Waals surface area contributed by atoms with Crippen LogP contribution in [0.3, 0.4) is 0 Å². The van der Waals surface area contributed by atoms with Crippen LogP contribution in [0.1, 0.15) is 39.0 Å². The molecule has 0 bridgehead atoms. The third-order valence-corrected chi connectivity index (χ3v) is 3.08. The van der Waals surface area contributed by atoms with E-state index in [9.17, 15) is 0 Å². The first-order valence-corrected chi connectivity index (χ1v) is 6.78. The third-order valence-electron chi connectivity index (χ3n) is 2.51. The molecular formula is C13H19Cl2NO. The van der Waals surface area contributed by atoms with Gasteiger partial charge in [0, 0.05) is 5.69 Å². The summed E-state index contributed by atoms with van der Waals surface area (Å²) in [5.74, 6) is 0.540. The normalized spacial score (nSPS) is 10.5. The summed E-state index contributed by atoms with van der Waals surface area (Å²) < 4.78 is 5.58. The van der Waals surface area contributed by atoms with Crippen molar-refractivity contribution < 1.29 is 4.74 Å². The molecule has 96 valence electrons. The Labute approximate surface area is 113 Å². The molecule has 0 aromatic heterocycles. The Morgan fingerprint density at radius 2 is 1.65 bits per heavy atom. The maximum absolute atomic E-state index is 6.01. The quantitative estimate of drug-likeness (QED) is 0.566. The smallest absolute Gasteiger partial charge is 0.156 e. The van der Waals surface area contributed by atoms with Gasteiger partial charge in [-0.25, -0.2) is 0 Å². The summed E-state index contributed by atoms with van der Waals surface area (Å²) in [6, 6.07) is 3.31. The number of unbranched alkanes of at least 4 members (excludes halogenated alkanes) is 4. The fraction of sp³-hybridized carbons (Fsp3) is 0.538. The topological polar surface area (TPSA) is 35.2 Å². The Kier molecular flexibility index (Phi) is 6.53. The average molecular weight is 276 g/mol. The van der Waals surface area contributed by atoms with Crippen molar-refractivity contribution >= 4 is 28.9 Å². The second-order valence-corrected chi connectivity index (χ2v) is 4.89. The van der Waals surface area contributed by atoms with Gasteiger partial charge in [0.2, 0.25) is 0 Å². The number of anilines is 1. The van der Waals surface area contributed by atoms with E-state index in [0.717, 1.165) is 6.42 Å². The zero-order valence-corrected chi connectivity index (χ0v) is 11.7. The fourth-order valence-corrected chi connectivity index (χ4v) is 2.21. The average Bonchev–Trinajstić information content (AvgIpc) is 2.26. The minimum absolute atomic E-state index is 0.476. The lowest BCUT2D eigenvalue weighted by atomic mass is 10.2. The number of nitrogen functional groups attached to an aromatic ring is 1. The SMILES string of the molecule is CCCCCCCOc1c(Cl)cc(N)cc1Cl. The van der Waals surface area contributed by atoms with Crippen LogP contribution in [0.4, 0.5) is 5.69 Å². The maximum Gasteiger partial charge on any atom is 0.156 e. The van der Waals surface area contributed by atoms with Gasteiger partial charge in [0.05, 0.1) is 16.7 Å². The lowest BCUT2D eigenvalue weighted by Gasteiger charge is -2.10. The molecule has 4 heteroatoms. The highest BCUT2D eigenvalue weighted by Crippen LogP contribution is 2.35. The van der Waals surface area contributed by atoms with E-state index in [1.165, 1.54) is 25.7 Å². The molecule has 0 fully saturated rings. The molecule has 0 heterocycles. The standard InChI is InChI=1S/C13H19Cl2NO/c1-2-3-4-5-6-7-17-13-11(14)8-10(16)9-12(13)15/h8-9H,2-7,16H2,1H3. The van der Waals surface area contributed by atoms with Crippen molar-refractivity contribution in [1.29, 1.82) is 0 Å². The molecule has 0 aliphatic rings. The van der Waals surface area contributed by atoms with Crippen molar-refractivity contribution in [2.45, 2.75) is 39.0 Å². The van der Waals surface area contributed by atoms with Gasteiger partial charge in [0.15, 0.2) is 5.75 Å². The van der Waals surface area contributed by atoms with E-state index in [1.807, 2.05) is 0 Å². The summed E-state index contributed by atoms with van der Waals surface area (Å²) in [7, 11) is 0. The van der Waals surface area contributed by atoms with Gasteiger partial charge in [0.1, 0.15) is 0 Å². The Morgan fingerprint density at radius 1 is 1.06 bits per heavy atom. The van der Waals surface area contributed by atoms with E-state index in [1.54, 1.807) is 12.1 Å². The number of nitrogens with two attached hydrogens (primary N) is 1. The molecule has 0 saturated carbocycles. The van der Waals surface area contributed by atoms with Gasteiger partial charge in [0.25, 0.3) is 0 Å². The first kappa shape index (κ1) is 14.5. The van der Waals surface area contributed by atoms with Gasteiger partial charge < -0.3 is 10.5 Å². The molecule has 1 aromatic rings. The number of hydrogen-bond donors (Lipinski definition) is 1. The maximum atomic E-state index is 6.01. The Balaban J connectivity index is 2.36. The van der Waals surface area contributed by atoms with E-state index in [0.29, 0.717) is 28.1 Å². The molecule has 1 rings (SSSR count). The van der Waals surface area contributed by atoms with Crippen molar-refractivity contribution in [3.8, 4) is 5.75 Å². The fourth-order valence-electron chi connectivity index (χ4n) is 1.60. The third kappa shape index (κ3) is 5.05. The molecule has 0 amide bonds. The zero-order valence-electron chi connectivity index (χ0n) is 10.1. The number of rotatable bonds is 7. The van der Waals surface area contributed by atoms with E-state index in [-0.39, 0.29) is 0 Å². The summed E-state index contributed by atoms with van der Waals surface area (Å²) in [5, 5.41) is 0.951. The van der Waals surface area contributed by atoms with Crippen LogP contribution in [0, 0.1) is 0 Å². The van der Waals surface area contributed by atoms with Crippen LogP contribution < -0.4 is 10.5 Å². The number of halogens is 2. The van der Waals surface area contributed by atoms with Crippen LogP contribution in [0.15, 0.2) is 12.1 Å². The first-order valence-electron chi connectivity index (χ1n) is 6.02. The van der Waals surface area contributed by atoms with Gasteiger partial charge in [-0.05, 0) is 18.6 Å². The summed E-state index contributed by atoms with van der Waals surface area (Å²) in [4.78, 5) is 0.